The van der Waals surface area contributed by atoms with Crippen LogP contribution in [0.4, 0.5) is 0 Å². The van der Waals surface area contributed by atoms with E-state index in [0.717, 1.165) is 62.1 Å². The van der Waals surface area contributed by atoms with Gasteiger partial charge in [-0.3, -0.25) is 23.8 Å². The molecule has 32 heavy (non-hydrogen) atoms. The van der Waals surface area contributed by atoms with Crippen LogP contribution in [-0.2, 0) is 14.1 Å². The van der Waals surface area contributed by atoms with Gasteiger partial charge in [0.25, 0.3) is 0 Å². The van der Waals surface area contributed by atoms with Crippen LogP contribution in [0, 0.1) is 0 Å². The number of thioether (sulfide) groups is 1. The normalized spacial score (nSPS) is 14.0. The van der Waals surface area contributed by atoms with Crippen LogP contribution in [0.1, 0.15) is 24.3 Å². The lowest BCUT2D eigenvalue weighted by atomic mass is 10.0. The molecule has 1 fully saturated rings. The standard InChI is InChI=1S/C24H22N6OS/c1-28-13-15(10-27-28)16-8-17-19(9-22(16)32-3)26-12-21-23(17)30(24(31)29(21)2)20-6-7-25-11-18(20)14-4-5-14/h6-14H,4-5H2,1-3H3. The highest BCUT2D eigenvalue weighted by Crippen LogP contribution is 2.43. The predicted octanol–water partition coefficient (Wildman–Crippen LogP) is 4.27. The fourth-order valence-electron chi connectivity index (χ4n) is 4.51. The molecule has 6 rings (SSSR count). The molecule has 1 aliphatic rings. The monoisotopic (exact) mass is 442 g/mol. The molecule has 0 N–H and O–H groups in total. The minimum absolute atomic E-state index is 0.0701. The van der Waals surface area contributed by atoms with E-state index < -0.39 is 0 Å². The Hall–Kier alpha value is -3.39. The second-order valence-electron chi connectivity index (χ2n) is 8.35. The minimum atomic E-state index is -0.0701. The van der Waals surface area contributed by atoms with Gasteiger partial charge in [0.2, 0.25) is 0 Å². The fraction of sp³-hybridized carbons (Fsp3) is 0.250. The molecule has 0 amide bonds. The van der Waals surface area contributed by atoms with Gasteiger partial charge in [-0.25, -0.2) is 4.79 Å². The first-order valence-corrected chi connectivity index (χ1v) is 11.8. The van der Waals surface area contributed by atoms with Crippen molar-refractivity contribution in [3.8, 4) is 16.8 Å². The quantitative estimate of drug-likeness (QED) is 0.389. The maximum Gasteiger partial charge on any atom is 0.333 e. The SMILES string of the molecule is CSc1cc2ncc3c(c2cc1-c1cnn(C)c1)n(-c1ccncc1C1CC1)c(=O)n3C. The van der Waals surface area contributed by atoms with Crippen LogP contribution in [-0.4, -0.2) is 35.1 Å². The summed E-state index contributed by atoms with van der Waals surface area (Å²) in [5.41, 5.74) is 6.69. The van der Waals surface area contributed by atoms with Crippen molar-refractivity contribution in [2.24, 2.45) is 14.1 Å². The maximum absolute atomic E-state index is 13.5. The maximum atomic E-state index is 13.5. The summed E-state index contributed by atoms with van der Waals surface area (Å²) >= 11 is 1.68. The Morgan fingerprint density at radius 3 is 2.69 bits per heavy atom. The highest BCUT2D eigenvalue weighted by Gasteiger charge is 2.28. The van der Waals surface area contributed by atoms with Crippen molar-refractivity contribution in [2.75, 3.05) is 6.26 Å². The fourth-order valence-corrected chi connectivity index (χ4v) is 5.14. The zero-order valence-corrected chi connectivity index (χ0v) is 18.9. The van der Waals surface area contributed by atoms with Crippen LogP contribution in [0.15, 0.2) is 58.9 Å². The van der Waals surface area contributed by atoms with Gasteiger partial charge in [-0.15, -0.1) is 11.8 Å². The third kappa shape index (κ3) is 2.82. The minimum Gasteiger partial charge on any atom is -0.293 e. The van der Waals surface area contributed by atoms with Crippen molar-refractivity contribution in [1.29, 1.82) is 0 Å². The molecular weight excluding hydrogens is 420 g/mol. The van der Waals surface area contributed by atoms with E-state index in [1.165, 1.54) is 0 Å². The van der Waals surface area contributed by atoms with E-state index in [1.807, 2.05) is 43.3 Å². The number of nitrogens with zero attached hydrogens (tertiary/aromatic N) is 6. The summed E-state index contributed by atoms with van der Waals surface area (Å²) in [6.07, 6.45) is 13.7. The van der Waals surface area contributed by atoms with Gasteiger partial charge in [-0.1, -0.05) is 0 Å². The van der Waals surface area contributed by atoms with E-state index in [9.17, 15) is 4.79 Å². The second kappa shape index (κ2) is 7.06. The van der Waals surface area contributed by atoms with Crippen LogP contribution >= 0.6 is 11.8 Å². The lowest BCUT2D eigenvalue weighted by Gasteiger charge is -2.12. The van der Waals surface area contributed by atoms with E-state index in [1.54, 1.807) is 33.4 Å². The van der Waals surface area contributed by atoms with E-state index in [2.05, 4.69) is 28.5 Å². The third-order valence-corrected chi connectivity index (χ3v) is 7.08. The number of fused-ring (bicyclic) bond motifs is 3. The van der Waals surface area contributed by atoms with Crippen LogP contribution in [0.3, 0.4) is 0 Å². The number of aromatic nitrogens is 6. The van der Waals surface area contributed by atoms with Gasteiger partial charge < -0.3 is 0 Å². The Labute approximate surface area is 188 Å². The summed E-state index contributed by atoms with van der Waals surface area (Å²) in [5, 5.41) is 5.31. The predicted molar refractivity (Wildman–Crippen MR) is 128 cm³/mol. The van der Waals surface area contributed by atoms with Crippen molar-refractivity contribution in [3.05, 3.63) is 65.2 Å². The summed E-state index contributed by atoms with van der Waals surface area (Å²) in [5.74, 6) is 0.475. The first-order chi connectivity index (χ1) is 15.6. The van der Waals surface area contributed by atoms with Crippen LogP contribution in [0.2, 0.25) is 0 Å². The number of hydrogen-bond donors (Lipinski definition) is 0. The number of pyridine rings is 2. The molecule has 160 valence electrons. The van der Waals surface area contributed by atoms with Crippen molar-refractivity contribution >= 4 is 33.7 Å². The van der Waals surface area contributed by atoms with Gasteiger partial charge in [0.1, 0.15) is 0 Å². The van der Waals surface area contributed by atoms with E-state index in [4.69, 9.17) is 4.98 Å². The molecule has 1 saturated carbocycles. The van der Waals surface area contributed by atoms with E-state index in [0.29, 0.717) is 5.92 Å². The number of benzene rings is 1. The summed E-state index contributed by atoms with van der Waals surface area (Å²) < 4.78 is 5.34. The third-order valence-electron chi connectivity index (χ3n) is 6.31. The average molecular weight is 443 g/mol. The highest BCUT2D eigenvalue weighted by molar-refractivity contribution is 7.98. The van der Waals surface area contributed by atoms with Gasteiger partial charge in [-0.05, 0) is 54.3 Å². The van der Waals surface area contributed by atoms with Crippen molar-refractivity contribution in [2.45, 2.75) is 23.7 Å². The van der Waals surface area contributed by atoms with E-state index in [-0.39, 0.29) is 5.69 Å². The Kier molecular flexibility index (Phi) is 4.26. The first-order valence-electron chi connectivity index (χ1n) is 10.6. The molecule has 0 saturated heterocycles. The number of aryl methyl sites for hydroxylation is 2. The molecule has 0 atom stereocenters. The van der Waals surface area contributed by atoms with Gasteiger partial charge in [0, 0.05) is 48.5 Å². The molecular formula is C24H22N6OS. The summed E-state index contributed by atoms with van der Waals surface area (Å²) in [6.45, 7) is 0. The molecule has 0 radical (unpaired) electrons. The lowest BCUT2D eigenvalue weighted by molar-refractivity contribution is 0.768. The Morgan fingerprint density at radius 1 is 1.12 bits per heavy atom. The number of imidazole rings is 1. The number of rotatable bonds is 4. The molecule has 4 aromatic heterocycles. The van der Waals surface area contributed by atoms with Crippen molar-refractivity contribution in [3.63, 3.8) is 0 Å². The van der Waals surface area contributed by atoms with Crippen LogP contribution in [0.5, 0.6) is 0 Å². The first kappa shape index (κ1) is 19.3. The molecule has 8 heteroatoms. The average Bonchev–Trinajstić information content (AvgIpc) is 3.52. The van der Waals surface area contributed by atoms with Crippen LogP contribution < -0.4 is 5.69 Å². The summed E-state index contributed by atoms with van der Waals surface area (Å²) in [4.78, 5) is 23.7. The van der Waals surface area contributed by atoms with E-state index >= 15 is 0 Å². The lowest BCUT2D eigenvalue weighted by Crippen LogP contribution is -2.21. The highest BCUT2D eigenvalue weighted by atomic mass is 32.2. The van der Waals surface area contributed by atoms with Crippen molar-refractivity contribution < 1.29 is 0 Å². The van der Waals surface area contributed by atoms with Crippen LogP contribution in [0.25, 0.3) is 38.8 Å². The smallest absolute Gasteiger partial charge is 0.293 e. The molecule has 0 bridgehead atoms. The zero-order chi connectivity index (χ0) is 22.0. The van der Waals surface area contributed by atoms with Gasteiger partial charge in [-0.2, -0.15) is 5.10 Å². The molecule has 1 aromatic carbocycles. The second-order valence-corrected chi connectivity index (χ2v) is 9.20. The number of hydrogen-bond acceptors (Lipinski definition) is 5. The Bertz CT molecular complexity index is 1570. The molecule has 5 aromatic rings. The molecule has 0 spiro atoms. The van der Waals surface area contributed by atoms with Gasteiger partial charge >= 0.3 is 5.69 Å². The van der Waals surface area contributed by atoms with Crippen molar-refractivity contribution in [1.82, 2.24) is 28.9 Å². The largest absolute Gasteiger partial charge is 0.333 e. The summed E-state index contributed by atoms with van der Waals surface area (Å²) in [7, 11) is 3.73. The van der Waals surface area contributed by atoms with Gasteiger partial charge in [0.15, 0.2) is 0 Å². The molecule has 0 unspecified atom stereocenters. The summed E-state index contributed by atoms with van der Waals surface area (Å²) in [6, 6.07) is 6.22. The topological polar surface area (TPSA) is 70.5 Å². The van der Waals surface area contributed by atoms with Gasteiger partial charge in [0.05, 0.1) is 34.6 Å². The molecule has 1 aliphatic carbocycles. The molecule has 7 nitrogen and oxygen atoms in total. The Balaban J connectivity index is 1.74. The molecule has 4 heterocycles. The Morgan fingerprint density at radius 2 is 1.97 bits per heavy atom. The molecule has 0 aliphatic heterocycles. The zero-order valence-electron chi connectivity index (χ0n) is 18.1.